The summed E-state index contributed by atoms with van der Waals surface area (Å²) in [6.07, 6.45) is 4.40. The zero-order valence-electron chi connectivity index (χ0n) is 16.3. The van der Waals surface area contributed by atoms with E-state index in [4.69, 9.17) is 14.7 Å². The molecule has 1 N–H and O–H groups in total. The van der Waals surface area contributed by atoms with Crippen molar-refractivity contribution in [3.63, 3.8) is 0 Å². The van der Waals surface area contributed by atoms with Gasteiger partial charge in [-0.25, -0.2) is 14.4 Å². The Kier molecular flexibility index (Phi) is 5.33. The molecule has 0 fully saturated rings. The molecule has 4 rings (SSSR count). The lowest BCUT2D eigenvalue weighted by Gasteiger charge is -2.14. The van der Waals surface area contributed by atoms with E-state index in [-0.39, 0.29) is 5.82 Å². The van der Waals surface area contributed by atoms with Gasteiger partial charge < -0.3 is 10.1 Å². The molecule has 0 amide bonds. The number of methoxy groups -OCH3 is 1. The minimum absolute atomic E-state index is 0.283. The molecular weight excluding hydrogens is 367 g/mol. The van der Waals surface area contributed by atoms with E-state index < -0.39 is 0 Å². The molecule has 0 atom stereocenters. The highest BCUT2D eigenvalue weighted by atomic mass is 19.1. The number of nitrogens with zero attached hydrogens (tertiary/aromatic N) is 3. The van der Waals surface area contributed by atoms with Gasteiger partial charge in [0.1, 0.15) is 22.9 Å². The van der Waals surface area contributed by atoms with Crippen molar-refractivity contribution in [2.45, 2.75) is 13.3 Å². The van der Waals surface area contributed by atoms with Gasteiger partial charge in [-0.1, -0.05) is 19.1 Å². The lowest BCUT2D eigenvalue weighted by molar-refractivity contribution is 0.419. The highest BCUT2D eigenvalue weighted by molar-refractivity contribution is 5.97. The first-order valence-electron chi connectivity index (χ1n) is 9.49. The van der Waals surface area contributed by atoms with E-state index >= 15 is 0 Å². The quantitative estimate of drug-likeness (QED) is 0.484. The largest absolute Gasteiger partial charge is 0.494 e. The van der Waals surface area contributed by atoms with Gasteiger partial charge in [0.25, 0.3) is 0 Å². The number of fused-ring (bicyclic) bond motifs is 1. The van der Waals surface area contributed by atoms with Crippen molar-refractivity contribution in [3.8, 4) is 28.3 Å². The molecule has 0 saturated carbocycles. The third-order valence-corrected chi connectivity index (χ3v) is 4.61. The number of benzene rings is 2. The molecule has 5 nitrogen and oxygen atoms in total. The summed E-state index contributed by atoms with van der Waals surface area (Å²) in [4.78, 5) is 13.7. The van der Waals surface area contributed by atoms with Crippen LogP contribution in [-0.2, 0) is 0 Å². The minimum Gasteiger partial charge on any atom is -0.494 e. The number of aromatic nitrogens is 3. The Bertz CT molecular complexity index is 1150. The average Bonchev–Trinajstić information content (AvgIpc) is 2.77. The van der Waals surface area contributed by atoms with Crippen LogP contribution in [0.1, 0.15) is 13.3 Å². The number of hydrogen-bond donors (Lipinski definition) is 1. The monoisotopic (exact) mass is 388 g/mol. The van der Waals surface area contributed by atoms with Crippen LogP contribution in [-0.4, -0.2) is 28.6 Å². The molecule has 0 saturated heterocycles. The Morgan fingerprint density at radius 2 is 1.86 bits per heavy atom. The molecule has 0 aliphatic heterocycles. The topological polar surface area (TPSA) is 59.9 Å². The standard InChI is InChI=1S/C23H21FN4O/c1-3-9-26-23-19-12-17(15-6-4-8-18(24)11-15)13-20(29-2)21(19)27-22(28-23)16-7-5-10-25-14-16/h4-8,10-14H,3,9H2,1-2H3,(H,26,27,28). The van der Waals surface area contributed by atoms with E-state index in [2.05, 4.69) is 17.2 Å². The summed E-state index contributed by atoms with van der Waals surface area (Å²) in [6.45, 7) is 2.86. The first kappa shape index (κ1) is 18.8. The number of anilines is 1. The Morgan fingerprint density at radius 1 is 1.00 bits per heavy atom. The van der Waals surface area contributed by atoms with Crippen LogP contribution < -0.4 is 10.1 Å². The molecule has 2 heterocycles. The van der Waals surface area contributed by atoms with Crippen LogP contribution in [0.4, 0.5) is 10.2 Å². The van der Waals surface area contributed by atoms with Crippen molar-refractivity contribution in [2.24, 2.45) is 0 Å². The number of halogens is 1. The number of hydrogen-bond acceptors (Lipinski definition) is 5. The lowest BCUT2D eigenvalue weighted by Crippen LogP contribution is -2.05. The normalized spacial score (nSPS) is 10.9. The summed E-state index contributed by atoms with van der Waals surface area (Å²) in [5.41, 5.74) is 3.12. The summed E-state index contributed by atoms with van der Waals surface area (Å²) in [5, 5.41) is 4.21. The third-order valence-electron chi connectivity index (χ3n) is 4.61. The predicted octanol–water partition coefficient (Wildman–Crippen LogP) is 5.33. The van der Waals surface area contributed by atoms with Crippen molar-refractivity contribution < 1.29 is 9.13 Å². The molecule has 0 unspecified atom stereocenters. The minimum atomic E-state index is -0.283. The molecule has 2 aromatic carbocycles. The van der Waals surface area contributed by atoms with Gasteiger partial charge in [0.2, 0.25) is 0 Å². The average molecular weight is 388 g/mol. The van der Waals surface area contributed by atoms with E-state index in [0.717, 1.165) is 35.0 Å². The van der Waals surface area contributed by atoms with Crippen molar-refractivity contribution >= 4 is 16.7 Å². The van der Waals surface area contributed by atoms with E-state index in [1.807, 2.05) is 30.3 Å². The van der Waals surface area contributed by atoms with E-state index in [1.54, 1.807) is 25.6 Å². The van der Waals surface area contributed by atoms with E-state index in [1.165, 1.54) is 12.1 Å². The maximum absolute atomic E-state index is 13.8. The number of rotatable bonds is 6. The van der Waals surface area contributed by atoms with Crippen molar-refractivity contribution in [2.75, 3.05) is 19.0 Å². The molecule has 29 heavy (non-hydrogen) atoms. The molecule has 0 aliphatic rings. The highest BCUT2D eigenvalue weighted by Gasteiger charge is 2.15. The van der Waals surface area contributed by atoms with Crippen molar-refractivity contribution in [3.05, 3.63) is 66.7 Å². The fourth-order valence-electron chi connectivity index (χ4n) is 3.19. The summed E-state index contributed by atoms with van der Waals surface area (Å²) in [7, 11) is 1.61. The smallest absolute Gasteiger partial charge is 0.163 e. The van der Waals surface area contributed by atoms with Gasteiger partial charge in [0.05, 0.1) is 7.11 Å². The van der Waals surface area contributed by atoms with Gasteiger partial charge in [-0.3, -0.25) is 4.98 Å². The van der Waals surface area contributed by atoms with Gasteiger partial charge >= 0.3 is 0 Å². The second-order valence-electron chi connectivity index (χ2n) is 6.65. The third kappa shape index (κ3) is 3.87. The Balaban J connectivity index is 1.96. The molecule has 6 heteroatoms. The molecule has 0 radical (unpaired) electrons. The van der Waals surface area contributed by atoms with Gasteiger partial charge in [-0.15, -0.1) is 0 Å². The summed E-state index contributed by atoms with van der Waals surface area (Å²) in [6, 6.07) is 14.1. The maximum atomic E-state index is 13.8. The second-order valence-corrected chi connectivity index (χ2v) is 6.65. The van der Waals surface area contributed by atoms with Crippen LogP contribution in [0.15, 0.2) is 60.9 Å². The van der Waals surface area contributed by atoms with Crippen LogP contribution in [0, 0.1) is 5.82 Å². The number of nitrogens with one attached hydrogen (secondary N) is 1. The van der Waals surface area contributed by atoms with Gasteiger partial charge in [-0.05, 0) is 53.9 Å². The summed E-state index contributed by atoms with van der Waals surface area (Å²) >= 11 is 0. The number of ether oxygens (including phenoxy) is 1. The molecule has 2 aromatic heterocycles. The molecule has 146 valence electrons. The van der Waals surface area contributed by atoms with Gasteiger partial charge in [0, 0.05) is 29.9 Å². The van der Waals surface area contributed by atoms with Gasteiger partial charge in [-0.2, -0.15) is 0 Å². The summed E-state index contributed by atoms with van der Waals surface area (Å²) < 4.78 is 19.4. The zero-order chi connectivity index (χ0) is 20.2. The Labute approximate surface area is 168 Å². The van der Waals surface area contributed by atoms with E-state index in [9.17, 15) is 4.39 Å². The van der Waals surface area contributed by atoms with Crippen LogP contribution in [0.25, 0.3) is 33.4 Å². The first-order chi connectivity index (χ1) is 14.2. The number of pyridine rings is 1. The first-order valence-corrected chi connectivity index (χ1v) is 9.49. The zero-order valence-corrected chi connectivity index (χ0v) is 16.3. The maximum Gasteiger partial charge on any atom is 0.163 e. The fraction of sp³-hybridized carbons (Fsp3) is 0.174. The molecule has 0 bridgehead atoms. The Morgan fingerprint density at radius 3 is 2.59 bits per heavy atom. The van der Waals surface area contributed by atoms with Crippen molar-refractivity contribution in [1.29, 1.82) is 0 Å². The lowest BCUT2D eigenvalue weighted by atomic mass is 10.0. The fourth-order valence-corrected chi connectivity index (χ4v) is 3.19. The molecule has 0 spiro atoms. The van der Waals surface area contributed by atoms with Gasteiger partial charge in [0.15, 0.2) is 5.82 Å². The SMILES string of the molecule is CCCNc1nc(-c2cccnc2)nc2c(OC)cc(-c3cccc(F)c3)cc12. The van der Waals surface area contributed by atoms with Crippen LogP contribution >= 0.6 is 0 Å². The second kappa shape index (κ2) is 8.22. The molecular formula is C23H21FN4O. The predicted molar refractivity (Wildman–Crippen MR) is 113 cm³/mol. The highest BCUT2D eigenvalue weighted by Crippen LogP contribution is 2.36. The van der Waals surface area contributed by atoms with Crippen LogP contribution in [0.2, 0.25) is 0 Å². The van der Waals surface area contributed by atoms with Crippen LogP contribution in [0.3, 0.4) is 0 Å². The van der Waals surface area contributed by atoms with Crippen LogP contribution in [0.5, 0.6) is 5.75 Å². The summed E-state index contributed by atoms with van der Waals surface area (Å²) in [5.74, 6) is 1.61. The van der Waals surface area contributed by atoms with Crippen molar-refractivity contribution in [1.82, 2.24) is 15.0 Å². The van der Waals surface area contributed by atoms with E-state index in [0.29, 0.717) is 22.9 Å². The molecule has 4 aromatic rings. The molecule has 0 aliphatic carbocycles. The Hall–Kier alpha value is -3.54.